The maximum absolute atomic E-state index is 13.9. The summed E-state index contributed by atoms with van der Waals surface area (Å²) in [4.78, 5) is 88.1. The Morgan fingerprint density at radius 2 is 1.39 bits per heavy atom. The summed E-state index contributed by atoms with van der Waals surface area (Å²) in [6.45, 7) is 12.0. The molecule has 2 amide bonds. The van der Waals surface area contributed by atoms with Gasteiger partial charge in [-0.15, -0.1) is 0 Å². The second-order valence-electron chi connectivity index (χ2n) is 12.6. The van der Waals surface area contributed by atoms with E-state index in [1.165, 1.54) is 0 Å². The first-order chi connectivity index (χ1) is 22.8. The number of benzene rings is 1. The number of carbonyl (C=O) groups is 7. The zero-order valence-electron chi connectivity index (χ0n) is 29.1. The molecular formula is C33H46N2O14. The molecule has 1 aliphatic rings. The molecule has 0 bridgehead atoms. The molecule has 1 aliphatic heterocycles. The molecule has 2 rings (SSSR count). The fraction of sp³-hybridized carbons (Fsp3) is 0.606. The third kappa shape index (κ3) is 13.7. The molecule has 0 aromatic heterocycles. The Balaban J connectivity index is 2.45. The van der Waals surface area contributed by atoms with Crippen molar-refractivity contribution in [3.05, 3.63) is 35.9 Å². The Morgan fingerprint density at radius 3 is 1.90 bits per heavy atom. The van der Waals surface area contributed by atoms with Crippen molar-refractivity contribution in [2.45, 2.75) is 117 Å². The van der Waals surface area contributed by atoms with Gasteiger partial charge in [-0.1, -0.05) is 44.2 Å². The van der Waals surface area contributed by atoms with Crippen LogP contribution in [0, 0.1) is 5.92 Å². The molecular weight excluding hydrogens is 648 g/mol. The molecule has 0 spiro atoms. The summed E-state index contributed by atoms with van der Waals surface area (Å²) in [5.41, 5.74) is -0.190. The fourth-order valence-electron chi connectivity index (χ4n) is 4.76. The summed E-state index contributed by atoms with van der Waals surface area (Å²) in [5, 5.41) is 5.06. The summed E-state index contributed by atoms with van der Waals surface area (Å²) < 4.78 is 38.0. The summed E-state index contributed by atoms with van der Waals surface area (Å²) in [5.74, 6) is -5.80. The SMILES string of the molecule is CC(=O)OC[C@H]1O[C@@H](OC(C)=O)[C@H](NC(=O)C(OC(=O)[C@H](Cc2ccccc2)NC(=O)OC(C)(C)C)C(C)C)[C@@H](OC(C)=O)[C@@H]1OC(C)=O. The van der Waals surface area contributed by atoms with E-state index in [4.69, 9.17) is 33.2 Å². The molecule has 0 aliphatic carbocycles. The third-order valence-electron chi connectivity index (χ3n) is 6.66. The van der Waals surface area contributed by atoms with E-state index < -0.39 is 103 Å². The van der Waals surface area contributed by atoms with E-state index in [0.29, 0.717) is 5.56 Å². The number of hydrogen-bond acceptors (Lipinski definition) is 14. The number of alkyl carbamates (subject to hydrolysis) is 1. The molecule has 1 aromatic carbocycles. The van der Waals surface area contributed by atoms with Gasteiger partial charge >= 0.3 is 35.9 Å². The van der Waals surface area contributed by atoms with Gasteiger partial charge in [0.15, 0.2) is 18.3 Å². The third-order valence-corrected chi connectivity index (χ3v) is 6.66. The molecule has 272 valence electrons. The van der Waals surface area contributed by atoms with E-state index in [1.54, 1.807) is 65.0 Å². The minimum atomic E-state index is -1.65. The van der Waals surface area contributed by atoms with Crippen LogP contribution in [0.3, 0.4) is 0 Å². The van der Waals surface area contributed by atoms with Crippen LogP contribution in [0.4, 0.5) is 4.79 Å². The highest BCUT2D eigenvalue weighted by Gasteiger charge is 2.53. The van der Waals surface area contributed by atoms with Gasteiger partial charge < -0.3 is 43.8 Å². The molecule has 16 nitrogen and oxygen atoms in total. The van der Waals surface area contributed by atoms with Crippen molar-refractivity contribution in [3.8, 4) is 0 Å². The van der Waals surface area contributed by atoms with Crippen LogP contribution in [0.5, 0.6) is 0 Å². The lowest BCUT2D eigenvalue weighted by Crippen LogP contribution is -2.68. The molecule has 1 unspecified atom stereocenters. The summed E-state index contributed by atoms with van der Waals surface area (Å²) in [6.07, 6.45) is -8.33. The van der Waals surface area contributed by atoms with Crippen LogP contribution in [-0.2, 0) is 68.3 Å². The maximum Gasteiger partial charge on any atom is 0.408 e. The molecule has 49 heavy (non-hydrogen) atoms. The van der Waals surface area contributed by atoms with E-state index >= 15 is 0 Å². The van der Waals surface area contributed by atoms with Crippen molar-refractivity contribution in [1.82, 2.24) is 10.6 Å². The maximum atomic E-state index is 13.9. The van der Waals surface area contributed by atoms with E-state index in [2.05, 4.69) is 10.6 Å². The highest BCUT2D eigenvalue weighted by molar-refractivity contribution is 5.87. The van der Waals surface area contributed by atoms with Crippen LogP contribution in [0.15, 0.2) is 30.3 Å². The molecule has 16 heteroatoms. The monoisotopic (exact) mass is 694 g/mol. The number of amides is 2. The van der Waals surface area contributed by atoms with Crippen molar-refractivity contribution in [2.75, 3.05) is 6.61 Å². The Kier molecular flexibility index (Phi) is 15.0. The van der Waals surface area contributed by atoms with Crippen molar-refractivity contribution >= 4 is 41.8 Å². The van der Waals surface area contributed by atoms with Gasteiger partial charge in [-0.05, 0) is 32.3 Å². The van der Waals surface area contributed by atoms with Crippen LogP contribution in [-0.4, -0.2) is 96.8 Å². The second-order valence-corrected chi connectivity index (χ2v) is 12.6. The smallest absolute Gasteiger partial charge is 0.408 e. The predicted molar refractivity (Wildman–Crippen MR) is 168 cm³/mol. The Bertz CT molecular complexity index is 1340. The number of ether oxygens (including phenoxy) is 7. The lowest BCUT2D eigenvalue weighted by Gasteiger charge is -2.44. The van der Waals surface area contributed by atoms with Gasteiger partial charge in [-0.2, -0.15) is 0 Å². The summed E-state index contributed by atoms with van der Waals surface area (Å²) in [6, 6.07) is 5.97. The van der Waals surface area contributed by atoms with Crippen LogP contribution < -0.4 is 10.6 Å². The zero-order valence-corrected chi connectivity index (χ0v) is 29.1. The van der Waals surface area contributed by atoms with E-state index in [-0.39, 0.29) is 6.42 Å². The number of hydrogen-bond donors (Lipinski definition) is 2. The van der Waals surface area contributed by atoms with Gasteiger partial charge in [0.25, 0.3) is 5.91 Å². The largest absolute Gasteiger partial charge is 0.463 e. The quantitative estimate of drug-likeness (QED) is 0.223. The van der Waals surface area contributed by atoms with Gasteiger partial charge in [0.1, 0.15) is 30.4 Å². The predicted octanol–water partition coefficient (Wildman–Crippen LogP) is 1.89. The number of rotatable bonds is 13. The standard InChI is InChI=1S/C33H46N2O14/c1-17(2)26(48-30(41)23(15-22-13-11-10-12-14-22)34-32(42)49-33(7,8)9)29(40)35-25-28(45-20(5)38)27(44-19(4)37)24(16-43-18(3)36)47-31(25)46-21(6)39/h10-14,17,23-28,31H,15-16H2,1-9H3,(H,34,42)(H,35,40)/t23-,24+,25+,26?,27+,28+,31+/m0/s1. The van der Waals surface area contributed by atoms with E-state index in [0.717, 1.165) is 27.7 Å². The van der Waals surface area contributed by atoms with Crippen LogP contribution in [0.2, 0.25) is 0 Å². The number of esters is 5. The highest BCUT2D eigenvalue weighted by Crippen LogP contribution is 2.28. The molecule has 2 N–H and O–H groups in total. The first-order valence-electron chi connectivity index (χ1n) is 15.6. The van der Waals surface area contributed by atoms with Gasteiger partial charge in [0, 0.05) is 34.1 Å². The van der Waals surface area contributed by atoms with Crippen molar-refractivity contribution in [3.63, 3.8) is 0 Å². The molecule has 1 fully saturated rings. The van der Waals surface area contributed by atoms with Crippen LogP contribution >= 0.6 is 0 Å². The second kappa shape index (κ2) is 18.1. The Morgan fingerprint density at radius 1 is 0.816 bits per heavy atom. The number of carbonyl (C=O) groups excluding carboxylic acids is 7. The lowest BCUT2D eigenvalue weighted by atomic mass is 9.95. The van der Waals surface area contributed by atoms with Crippen LogP contribution in [0.1, 0.15) is 67.9 Å². The molecule has 1 saturated heterocycles. The van der Waals surface area contributed by atoms with E-state index in [9.17, 15) is 33.6 Å². The minimum Gasteiger partial charge on any atom is -0.463 e. The highest BCUT2D eigenvalue weighted by atomic mass is 16.7. The van der Waals surface area contributed by atoms with Crippen LogP contribution in [0.25, 0.3) is 0 Å². The molecule has 1 heterocycles. The van der Waals surface area contributed by atoms with Crippen molar-refractivity contribution in [2.24, 2.45) is 5.92 Å². The average molecular weight is 695 g/mol. The first-order valence-corrected chi connectivity index (χ1v) is 15.6. The Hall–Kier alpha value is -4.73. The molecule has 0 saturated carbocycles. The zero-order chi connectivity index (χ0) is 37.1. The normalized spacial score (nSPS) is 21.6. The summed E-state index contributed by atoms with van der Waals surface area (Å²) in [7, 11) is 0. The minimum absolute atomic E-state index is 0.00134. The topological polar surface area (TPSA) is 208 Å². The molecule has 7 atom stereocenters. The van der Waals surface area contributed by atoms with Gasteiger partial charge in [-0.3, -0.25) is 24.0 Å². The summed E-state index contributed by atoms with van der Waals surface area (Å²) >= 11 is 0. The fourth-order valence-corrected chi connectivity index (χ4v) is 4.76. The lowest BCUT2D eigenvalue weighted by molar-refractivity contribution is -0.271. The van der Waals surface area contributed by atoms with Gasteiger partial charge in [-0.25, -0.2) is 9.59 Å². The first kappa shape index (κ1) is 40.4. The van der Waals surface area contributed by atoms with Gasteiger partial charge in [0.2, 0.25) is 6.29 Å². The van der Waals surface area contributed by atoms with Crippen molar-refractivity contribution < 1.29 is 66.7 Å². The Labute approximate surface area is 284 Å². The van der Waals surface area contributed by atoms with E-state index in [1.807, 2.05) is 0 Å². The van der Waals surface area contributed by atoms with Crippen molar-refractivity contribution in [1.29, 1.82) is 0 Å². The average Bonchev–Trinajstić information content (AvgIpc) is 2.96. The molecule has 1 aromatic rings. The molecule has 0 radical (unpaired) electrons. The van der Waals surface area contributed by atoms with Gasteiger partial charge in [0.05, 0.1) is 0 Å². The number of nitrogens with one attached hydrogen (secondary N) is 2.